The highest BCUT2D eigenvalue weighted by Gasteiger charge is 2.36. The molecule has 0 atom stereocenters. The fourth-order valence-electron chi connectivity index (χ4n) is 7.02. The molecule has 0 unspecified atom stereocenters. The van der Waals surface area contributed by atoms with E-state index in [2.05, 4.69) is 51.6 Å². The lowest BCUT2D eigenvalue weighted by Crippen LogP contribution is -2.29. The number of aromatic nitrogens is 2. The van der Waals surface area contributed by atoms with Gasteiger partial charge >= 0.3 is 0 Å². The first-order valence-corrected chi connectivity index (χ1v) is 15.1. The zero-order chi connectivity index (χ0) is 31.8. The molecule has 7 heteroatoms. The minimum Gasteiger partial charge on any atom is -0.309 e. The molecule has 1 aliphatic heterocycles. The van der Waals surface area contributed by atoms with Crippen LogP contribution in [0.15, 0.2) is 127 Å². The summed E-state index contributed by atoms with van der Waals surface area (Å²) in [6.45, 7) is 0. The first kappa shape index (κ1) is 26.4. The van der Waals surface area contributed by atoms with Crippen molar-refractivity contribution >= 4 is 61.1 Å². The summed E-state index contributed by atoms with van der Waals surface area (Å²) in [7, 11) is 0. The molecule has 7 nitrogen and oxygen atoms in total. The lowest BCUT2D eigenvalue weighted by molar-refractivity contribution is 0.0926. The van der Waals surface area contributed by atoms with Crippen LogP contribution in [0, 0.1) is 22.7 Å². The van der Waals surface area contributed by atoms with Gasteiger partial charge in [0.1, 0.15) is 6.07 Å². The largest absolute Gasteiger partial charge is 0.309 e. The summed E-state index contributed by atoms with van der Waals surface area (Å²) >= 11 is 0. The van der Waals surface area contributed by atoms with Crippen molar-refractivity contribution in [3.8, 4) is 23.5 Å². The molecule has 0 bridgehead atoms. The Kier molecular flexibility index (Phi) is 5.50. The normalized spacial score (nSPS) is 12.7. The van der Waals surface area contributed by atoms with Crippen LogP contribution in [0.25, 0.3) is 55.0 Å². The Morgan fingerprint density at radius 3 is 1.60 bits per heavy atom. The standard InChI is InChI=1S/C40H21N5O2/c41-22-24-13-16-26(17-14-24)43-34-11-5-3-7-28(34)32-21-38-33(20-37(32)43)29-8-4-6-12-35(29)45(38)36-19-27(18-15-25(36)23-42)44-39(46)30-9-1-2-10-31(30)40(44)47/h1-21H. The molecule has 0 saturated heterocycles. The van der Waals surface area contributed by atoms with Gasteiger partial charge in [-0.3, -0.25) is 9.59 Å². The Morgan fingerprint density at radius 1 is 0.468 bits per heavy atom. The first-order valence-electron chi connectivity index (χ1n) is 15.1. The number of nitrogens with zero attached hydrogens (tertiary/aromatic N) is 5. The van der Waals surface area contributed by atoms with Crippen molar-refractivity contribution in [2.75, 3.05) is 4.90 Å². The fraction of sp³-hybridized carbons (Fsp3) is 0. The van der Waals surface area contributed by atoms with Crippen LogP contribution in [0.2, 0.25) is 0 Å². The van der Waals surface area contributed by atoms with Crippen LogP contribution >= 0.6 is 0 Å². The quantitative estimate of drug-likeness (QED) is 0.189. The van der Waals surface area contributed by atoms with Gasteiger partial charge in [0.15, 0.2) is 0 Å². The molecule has 9 rings (SSSR count). The number of nitriles is 2. The summed E-state index contributed by atoms with van der Waals surface area (Å²) in [6, 6.07) is 44.6. The van der Waals surface area contributed by atoms with Crippen LogP contribution in [0.4, 0.5) is 5.69 Å². The maximum absolute atomic E-state index is 13.4. The van der Waals surface area contributed by atoms with Crippen molar-refractivity contribution in [3.63, 3.8) is 0 Å². The SMILES string of the molecule is N#Cc1ccc(-n2c3ccccc3c3cc4c(cc32)c2ccccc2n4-c2cc(N3C(=O)c4ccccc4C3=O)ccc2C#N)cc1. The van der Waals surface area contributed by atoms with E-state index < -0.39 is 0 Å². The lowest BCUT2D eigenvalue weighted by atomic mass is 10.1. The monoisotopic (exact) mass is 603 g/mol. The van der Waals surface area contributed by atoms with E-state index in [1.807, 2.05) is 54.6 Å². The third kappa shape index (κ3) is 3.66. The summed E-state index contributed by atoms with van der Waals surface area (Å²) in [5, 5.41) is 23.8. The molecule has 8 aromatic rings. The molecule has 1 aliphatic rings. The third-order valence-electron chi connectivity index (χ3n) is 9.12. The molecular formula is C40H21N5O2. The molecule has 3 heterocycles. The Morgan fingerprint density at radius 2 is 1.00 bits per heavy atom. The third-order valence-corrected chi connectivity index (χ3v) is 9.12. The number of carbonyl (C=O) groups is 2. The van der Waals surface area contributed by atoms with Crippen molar-refractivity contribution in [1.29, 1.82) is 10.5 Å². The zero-order valence-electron chi connectivity index (χ0n) is 24.7. The maximum Gasteiger partial charge on any atom is 0.266 e. The topological polar surface area (TPSA) is 94.8 Å². The van der Waals surface area contributed by atoms with Gasteiger partial charge in [-0.05, 0) is 78.9 Å². The lowest BCUT2D eigenvalue weighted by Gasteiger charge is -2.17. The van der Waals surface area contributed by atoms with E-state index in [-0.39, 0.29) is 11.8 Å². The second-order valence-corrected chi connectivity index (χ2v) is 11.6. The number of carbonyl (C=O) groups excluding carboxylic acids is 2. The van der Waals surface area contributed by atoms with Crippen molar-refractivity contribution < 1.29 is 9.59 Å². The summed E-state index contributed by atoms with van der Waals surface area (Å²) in [5.41, 5.74) is 7.45. The van der Waals surface area contributed by atoms with Crippen LogP contribution in [-0.4, -0.2) is 20.9 Å². The predicted molar refractivity (Wildman–Crippen MR) is 182 cm³/mol. The number of para-hydroxylation sites is 2. The van der Waals surface area contributed by atoms with Crippen molar-refractivity contribution in [2.24, 2.45) is 0 Å². The highest BCUT2D eigenvalue weighted by atomic mass is 16.2. The Bertz CT molecular complexity index is 2720. The molecule has 0 radical (unpaired) electrons. The first-order chi connectivity index (χ1) is 23.1. The number of rotatable bonds is 3. The average molecular weight is 604 g/mol. The highest BCUT2D eigenvalue weighted by molar-refractivity contribution is 6.34. The van der Waals surface area contributed by atoms with Gasteiger partial charge in [-0.1, -0.05) is 48.5 Å². The van der Waals surface area contributed by atoms with Gasteiger partial charge in [-0.2, -0.15) is 10.5 Å². The maximum atomic E-state index is 13.4. The number of benzene rings is 6. The highest BCUT2D eigenvalue weighted by Crippen LogP contribution is 2.41. The zero-order valence-corrected chi connectivity index (χ0v) is 24.7. The number of imide groups is 1. The van der Waals surface area contributed by atoms with Gasteiger partial charge in [0.05, 0.1) is 61.8 Å². The van der Waals surface area contributed by atoms with Gasteiger partial charge in [0.2, 0.25) is 0 Å². The van der Waals surface area contributed by atoms with Crippen LogP contribution in [0.1, 0.15) is 31.8 Å². The molecular weight excluding hydrogens is 582 g/mol. The summed E-state index contributed by atoms with van der Waals surface area (Å²) in [6.07, 6.45) is 0. The average Bonchev–Trinajstić information content (AvgIpc) is 3.71. The molecule has 0 fully saturated rings. The minimum atomic E-state index is -0.388. The molecule has 47 heavy (non-hydrogen) atoms. The summed E-state index contributed by atoms with van der Waals surface area (Å²) in [4.78, 5) is 28.0. The molecule has 2 aromatic heterocycles. The van der Waals surface area contributed by atoms with Crippen LogP contribution < -0.4 is 4.90 Å². The molecule has 2 amide bonds. The second-order valence-electron chi connectivity index (χ2n) is 11.6. The van der Waals surface area contributed by atoms with Crippen molar-refractivity contribution in [1.82, 2.24) is 9.13 Å². The number of amides is 2. The van der Waals surface area contributed by atoms with E-state index in [9.17, 15) is 20.1 Å². The van der Waals surface area contributed by atoms with Gasteiger partial charge in [0.25, 0.3) is 11.8 Å². The van der Waals surface area contributed by atoms with E-state index in [0.717, 1.165) is 49.3 Å². The van der Waals surface area contributed by atoms with Crippen molar-refractivity contribution in [2.45, 2.75) is 0 Å². The number of hydrogen-bond donors (Lipinski definition) is 0. The predicted octanol–water partition coefficient (Wildman–Crippen LogP) is 8.42. The van der Waals surface area contributed by atoms with Gasteiger partial charge in [-0.25, -0.2) is 4.90 Å². The molecule has 0 spiro atoms. The van der Waals surface area contributed by atoms with Crippen LogP contribution in [0.5, 0.6) is 0 Å². The molecule has 0 saturated carbocycles. The van der Waals surface area contributed by atoms with E-state index in [0.29, 0.717) is 33.6 Å². The summed E-state index contributed by atoms with van der Waals surface area (Å²) in [5.74, 6) is -0.776. The smallest absolute Gasteiger partial charge is 0.266 e. The van der Waals surface area contributed by atoms with Crippen molar-refractivity contribution in [3.05, 3.63) is 150 Å². The van der Waals surface area contributed by atoms with E-state index in [1.54, 1.807) is 42.5 Å². The van der Waals surface area contributed by atoms with Gasteiger partial charge < -0.3 is 9.13 Å². The number of hydrogen-bond acceptors (Lipinski definition) is 4. The van der Waals surface area contributed by atoms with E-state index in [4.69, 9.17) is 0 Å². The Labute approximate surface area is 267 Å². The van der Waals surface area contributed by atoms with Gasteiger partial charge in [-0.15, -0.1) is 0 Å². The molecule has 0 aliphatic carbocycles. The number of fused-ring (bicyclic) bond motifs is 7. The van der Waals surface area contributed by atoms with Crippen LogP contribution in [0.3, 0.4) is 0 Å². The molecule has 218 valence electrons. The van der Waals surface area contributed by atoms with Crippen LogP contribution in [-0.2, 0) is 0 Å². The minimum absolute atomic E-state index is 0.362. The van der Waals surface area contributed by atoms with Gasteiger partial charge in [0, 0.05) is 27.2 Å². The second kappa shape index (κ2) is 9.77. The Balaban J connectivity index is 1.34. The van der Waals surface area contributed by atoms with E-state index in [1.165, 1.54) is 4.90 Å². The molecule has 6 aromatic carbocycles. The molecule has 0 N–H and O–H groups in total. The Hall–Kier alpha value is -6.96. The summed E-state index contributed by atoms with van der Waals surface area (Å²) < 4.78 is 4.26. The number of anilines is 1. The fourth-order valence-corrected chi connectivity index (χ4v) is 7.02. The van der Waals surface area contributed by atoms with E-state index >= 15 is 0 Å².